The van der Waals surface area contributed by atoms with Crippen LogP contribution in [0.5, 0.6) is 5.75 Å². The Bertz CT molecular complexity index is 1440. The number of ketones is 1. The molecule has 1 unspecified atom stereocenters. The van der Waals surface area contributed by atoms with E-state index in [9.17, 15) is 14.9 Å². The molecular weight excluding hydrogens is 428 g/mol. The third-order valence-electron chi connectivity index (χ3n) is 5.87. The molecule has 3 aromatic carbocycles. The van der Waals surface area contributed by atoms with Crippen LogP contribution in [0.2, 0.25) is 0 Å². The number of carbonyl (C=O) groups is 2. The maximum absolute atomic E-state index is 13.5. The molecule has 5 rings (SSSR count). The Morgan fingerprint density at radius 2 is 1.71 bits per heavy atom. The Kier molecular flexibility index (Phi) is 5.40. The van der Waals surface area contributed by atoms with E-state index in [-0.39, 0.29) is 5.69 Å². The smallest absolute Gasteiger partial charge is 0.249 e. The highest BCUT2D eigenvalue weighted by molar-refractivity contribution is 6.16. The summed E-state index contributed by atoms with van der Waals surface area (Å²) >= 11 is 0. The summed E-state index contributed by atoms with van der Waals surface area (Å²) in [5.74, 6) is -2.14. The van der Waals surface area contributed by atoms with Gasteiger partial charge in [0, 0.05) is 28.8 Å². The van der Waals surface area contributed by atoms with Crippen LogP contribution in [0.4, 0.5) is 5.69 Å². The van der Waals surface area contributed by atoms with Gasteiger partial charge < -0.3 is 10.1 Å². The number of aromatic nitrogens is 2. The third kappa shape index (κ3) is 3.51. The molecule has 1 amide bonds. The molecule has 7 heteroatoms. The van der Waals surface area contributed by atoms with Gasteiger partial charge in [-0.25, -0.2) is 4.68 Å². The van der Waals surface area contributed by atoms with E-state index in [1.54, 1.807) is 36.1 Å². The van der Waals surface area contributed by atoms with Crippen molar-refractivity contribution < 1.29 is 14.3 Å². The lowest BCUT2D eigenvalue weighted by Gasteiger charge is -2.11. The first kappa shape index (κ1) is 21.2. The monoisotopic (exact) mass is 448 g/mol. The maximum Gasteiger partial charge on any atom is 0.249 e. The van der Waals surface area contributed by atoms with Crippen molar-refractivity contribution in [2.75, 3.05) is 12.4 Å². The number of hydrogen-bond donors (Lipinski definition) is 1. The first-order valence-electron chi connectivity index (χ1n) is 10.8. The summed E-state index contributed by atoms with van der Waals surface area (Å²) in [5.41, 5.74) is 4.70. The lowest BCUT2D eigenvalue weighted by atomic mass is 9.98. The number of anilines is 1. The van der Waals surface area contributed by atoms with Crippen molar-refractivity contribution in [2.24, 2.45) is 5.92 Å². The van der Waals surface area contributed by atoms with E-state index in [0.29, 0.717) is 23.4 Å². The zero-order chi connectivity index (χ0) is 23.7. The number of nitrogens with one attached hydrogen (secondary N) is 1. The topological polar surface area (TPSA) is 97.0 Å². The van der Waals surface area contributed by atoms with Crippen LogP contribution in [-0.2, 0) is 11.2 Å². The van der Waals surface area contributed by atoms with Crippen molar-refractivity contribution in [1.29, 1.82) is 5.26 Å². The van der Waals surface area contributed by atoms with Gasteiger partial charge in [-0.1, -0.05) is 48.5 Å². The highest BCUT2D eigenvalue weighted by Gasteiger charge is 2.37. The van der Waals surface area contributed by atoms with Gasteiger partial charge in [0.05, 0.1) is 24.6 Å². The molecule has 0 aliphatic heterocycles. The van der Waals surface area contributed by atoms with E-state index < -0.39 is 17.6 Å². The Morgan fingerprint density at radius 3 is 2.38 bits per heavy atom. The second-order valence-corrected chi connectivity index (χ2v) is 7.87. The number of carbonyl (C=O) groups excluding carboxylic acids is 2. The Morgan fingerprint density at radius 1 is 1.00 bits per heavy atom. The number of rotatable bonds is 6. The summed E-state index contributed by atoms with van der Waals surface area (Å²) in [7, 11) is 1.60. The molecular formula is C27H20N4O3. The van der Waals surface area contributed by atoms with Crippen LogP contribution in [-0.4, -0.2) is 28.6 Å². The Balaban J connectivity index is 1.59. The fourth-order valence-corrected chi connectivity index (χ4v) is 4.30. The summed E-state index contributed by atoms with van der Waals surface area (Å²) in [6.07, 6.45) is 0.418. The largest absolute Gasteiger partial charge is 0.496 e. The number of ether oxygens (including phenoxy) is 1. The molecule has 0 fully saturated rings. The molecule has 1 aliphatic rings. The standard InChI is InChI=1S/C27H20N4O3/c1-34-23-14-8-13-19-20(23)15-21-24(30-31(25(19)21)18-11-6-3-7-12-18)26(32)22(16-28)27(33)29-17-9-4-2-5-10-17/h2-14,22H,15H2,1H3,(H,29,33). The van der Waals surface area contributed by atoms with Crippen molar-refractivity contribution in [3.63, 3.8) is 0 Å². The first-order chi connectivity index (χ1) is 16.6. The van der Waals surface area contributed by atoms with Crippen LogP contribution in [0.25, 0.3) is 16.9 Å². The summed E-state index contributed by atoms with van der Waals surface area (Å²) in [6.45, 7) is 0. The van der Waals surface area contributed by atoms with Crippen molar-refractivity contribution in [2.45, 2.75) is 6.42 Å². The molecule has 7 nitrogen and oxygen atoms in total. The second-order valence-electron chi connectivity index (χ2n) is 7.87. The van der Waals surface area contributed by atoms with Gasteiger partial charge in [-0.05, 0) is 30.3 Å². The van der Waals surface area contributed by atoms with Gasteiger partial charge in [0.2, 0.25) is 11.7 Å². The molecule has 0 saturated carbocycles. The summed E-state index contributed by atoms with van der Waals surface area (Å²) < 4.78 is 7.25. The van der Waals surface area contributed by atoms with E-state index in [1.165, 1.54) is 0 Å². The van der Waals surface area contributed by atoms with Gasteiger partial charge in [-0.15, -0.1) is 0 Å². The van der Waals surface area contributed by atoms with E-state index in [0.717, 1.165) is 22.5 Å². The lowest BCUT2D eigenvalue weighted by Crippen LogP contribution is -2.29. The second kappa shape index (κ2) is 8.68. The van der Waals surface area contributed by atoms with Gasteiger partial charge in [0.25, 0.3) is 0 Å². The van der Waals surface area contributed by atoms with Crippen LogP contribution in [0.3, 0.4) is 0 Å². The predicted octanol–water partition coefficient (Wildman–Crippen LogP) is 4.41. The van der Waals surface area contributed by atoms with Crippen LogP contribution < -0.4 is 10.1 Å². The van der Waals surface area contributed by atoms with E-state index in [1.807, 2.05) is 60.7 Å². The molecule has 1 heterocycles. The number of fused-ring (bicyclic) bond motifs is 3. The van der Waals surface area contributed by atoms with E-state index in [2.05, 4.69) is 10.4 Å². The number of hydrogen-bond acceptors (Lipinski definition) is 5. The molecule has 166 valence electrons. The maximum atomic E-state index is 13.5. The lowest BCUT2D eigenvalue weighted by molar-refractivity contribution is -0.117. The van der Waals surface area contributed by atoms with Gasteiger partial charge >= 0.3 is 0 Å². The minimum absolute atomic E-state index is 0.117. The number of nitrogens with zero attached hydrogens (tertiary/aromatic N) is 3. The fraction of sp³-hybridized carbons (Fsp3) is 0.111. The van der Waals surface area contributed by atoms with Gasteiger partial charge in [0.15, 0.2) is 5.92 Å². The Hall–Kier alpha value is -4.70. The van der Waals surface area contributed by atoms with Crippen LogP contribution in [0.15, 0.2) is 78.9 Å². The molecule has 1 aromatic heterocycles. The number of amides is 1. The average Bonchev–Trinajstić information content (AvgIpc) is 3.43. The molecule has 1 N–H and O–H groups in total. The van der Waals surface area contributed by atoms with Crippen LogP contribution in [0.1, 0.15) is 21.6 Å². The molecule has 0 radical (unpaired) electrons. The fourth-order valence-electron chi connectivity index (χ4n) is 4.30. The Labute approximate surface area is 196 Å². The SMILES string of the molecule is COc1cccc2c1Cc1c(C(=O)C(C#N)C(=O)Nc3ccccc3)nn(-c3ccccc3)c1-2. The van der Waals surface area contributed by atoms with Crippen LogP contribution in [0, 0.1) is 17.2 Å². The first-order valence-corrected chi connectivity index (χ1v) is 10.8. The van der Waals surface area contributed by atoms with Crippen molar-refractivity contribution in [3.8, 4) is 28.8 Å². The normalized spacial score (nSPS) is 12.2. The summed E-state index contributed by atoms with van der Waals surface area (Å²) in [4.78, 5) is 26.4. The quantitative estimate of drug-likeness (QED) is 0.306. The molecule has 1 aliphatic carbocycles. The van der Waals surface area contributed by atoms with Crippen LogP contribution >= 0.6 is 0 Å². The summed E-state index contributed by atoms with van der Waals surface area (Å²) in [6, 6.07) is 25.8. The number of nitriles is 1. The minimum atomic E-state index is -1.53. The molecule has 34 heavy (non-hydrogen) atoms. The number of benzene rings is 3. The predicted molar refractivity (Wildman–Crippen MR) is 127 cm³/mol. The number of Topliss-reactive ketones (excluding diaryl/α,β-unsaturated/α-hetero) is 1. The van der Waals surface area contributed by atoms with E-state index in [4.69, 9.17) is 4.74 Å². The molecule has 4 aromatic rings. The zero-order valence-corrected chi connectivity index (χ0v) is 18.4. The molecule has 1 atom stereocenters. The van der Waals surface area contributed by atoms with E-state index >= 15 is 0 Å². The highest BCUT2D eigenvalue weighted by Crippen LogP contribution is 2.44. The third-order valence-corrected chi connectivity index (χ3v) is 5.87. The van der Waals surface area contributed by atoms with Gasteiger partial charge in [0.1, 0.15) is 11.4 Å². The zero-order valence-electron chi connectivity index (χ0n) is 18.4. The van der Waals surface area contributed by atoms with Gasteiger partial charge in [-0.2, -0.15) is 10.4 Å². The number of methoxy groups -OCH3 is 1. The molecule has 0 spiro atoms. The molecule has 0 saturated heterocycles. The van der Waals surface area contributed by atoms with Gasteiger partial charge in [-0.3, -0.25) is 9.59 Å². The highest BCUT2D eigenvalue weighted by atomic mass is 16.5. The molecule has 0 bridgehead atoms. The van der Waals surface area contributed by atoms with Crippen molar-refractivity contribution in [3.05, 3.63) is 95.7 Å². The minimum Gasteiger partial charge on any atom is -0.496 e. The average molecular weight is 448 g/mol. The van der Waals surface area contributed by atoms with Crippen molar-refractivity contribution in [1.82, 2.24) is 9.78 Å². The number of para-hydroxylation sites is 2. The van der Waals surface area contributed by atoms with Crippen molar-refractivity contribution >= 4 is 17.4 Å². The summed E-state index contributed by atoms with van der Waals surface area (Å²) in [5, 5.41) is 17.0.